The zero-order valence-electron chi connectivity index (χ0n) is 12.0. The molecule has 4 nitrogen and oxygen atoms in total. The van der Waals surface area contributed by atoms with E-state index in [1.807, 2.05) is 6.07 Å². The van der Waals surface area contributed by atoms with Crippen LogP contribution in [-0.2, 0) is 9.53 Å². The minimum atomic E-state index is -0.151. The van der Waals surface area contributed by atoms with E-state index in [1.165, 1.54) is 7.11 Å². The van der Waals surface area contributed by atoms with Crippen LogP contribution >= 0.6 is 27.5 Å². The number of hydrogen-bond donors (Lipinski definition) is 0. The zero-order chi connectivity index (χ0) is 15.2. The summed E-state index contributed by atoms with van der Waals surface area (Å²) in [6.45, 7) is 2.13. The van der Waals surface area contributed by atoms with Crippen LogP contribution in [0.15, 0.2) is 22.7 Å². The number of esters is 1. The summed E-state index contributed by atoms with van der Waals surface area (Å²) in [6.07, 6.45) is 3.04. The standard InChI is InChI=1S/C15H19BrClNO3/c1-20-15(19)13-4-2-3-7-18(13)8-9-21-14-6-5-11(17)10-12(14)16/h5-6,10,13H,2-4,7-9H2,1H3/t13-/m1/s1. The van der Waals surface area contributed by atoms with E-state index >= 15 is 0 Å². The van der Waals surface area contributed by atoms with Gasteiger partial charge >= 0.3 is 5.97 Å². The number of piperidine rings is 1. The van der Waals surface area contributed by atoms with Gasteiger partial charge in [0.25, 0.3) is 0 Å². The normalized spacial score (nSPS) is 19.3. The lowest BCUT2D eigenvalue weighted by Crippen LogP contribution is -2.46. The molecule has 1 aromatic carbocycles. The lowest BCUT2D eigenvalue weighted by Gasteiger charge is -2.33. The maximum atomic E-state index is 11.8. The summed E-state index contributed by atoms with van der Waals surface area (Å²) < 4.78 is 11.5. The van der Waals surface area contributed by atoms with E-state index < -0.39 is 0 Å². The van der Waals surface area contributed by atoms with Gasteiger partial charge in [-0.25, -0.2) is 0 Å². The first-order valence-electron chi connectivity index (χ1n) is 7.01. The predicted octanol–water partition coefficient (Wildman–Crippen LogP) is 3.51. The van der Waals surface area contributed by atoms with Gasteiger partial charge in [-0.1, -0.05) is 18.0 Å². The molecule has 0 N–H and O–H groups in total. The molecular weight excluding hydrogens is 358 g/mol. The van der Waals surface area contributed by atoms with E-state index in [4.69, 9.17) is 21.1 Å². The molecule has 0 bridgehead atoms. The van der Waals surface area contributed by atoms with Crippen molar-refractivity contribution in [3.05, 3.63) is 27.7 Å². The number of methoxy groups -OCH3 is 1. The first-order valence-corrected chi connectivity index (χ1v) is 8.18. The Morgan fingerprint density at radius 1 is 1.48 bits per heavy atom. The van der Waals surface area contributed by atoms with Crippen LogP contribution in [0.25, 0.3) is 0 Å². The number of halogens is 2. The minimum absolute atomic E-state index is 0.138. The molecule has 1 aliphatic rings. The highest BCUT2D eigenvalue weighted by atomic mass is 79.9. The topological polar surface area (TPSA) is 38.8 Å². The molecule has 21 heavy (non-hydrogen) atoms. The molecule has 1 heterocycles. The number of rotatable bonds is 5. The molecule has 0 aliphatic carbocycles. The third kappa shape index (κ3) is 4.59. The summed E-state index contributed by atoms with van der Waals surface area (Å²) in [6, 6.07) is 5.29. The maximum absolute atomic E-state index is 11.8. The number of likely N-dealkylation sites (tertiary alicyclic amines) is 1. The Bertz CT molecular complexity index is 498. The second-order valence-electron chi connectivity index (χ2n) is 4.99. The van der Waals surface area contributed by atoms with Crippen LogP contribution in [0, 0.1) is 0 Å². The number of carbonyl (C=O) groups is 1. The lowest BCUT2D eigenvalue weighted by atomic mass is 10.0. The van der Waals surface area contributed by atoms with Crippen molar-refractivity contribution in [2.45, 2.75) is 25.3 Å². The SMILES string of the molecule is COC(=O)[C@H]1CCCCN1CCOc1ccc(Cl)cc1Br. The number of carbonyl (C=O) groups excluding carboxylic acids is 1. The van der Waals surface area contributed by atoms with Crippen LogP contribution in [0.3, 0.4) is 0 Å². The van der Waals surface area contributed by atoms with Crippen LogP contribution < -0.4 is 4.74 Å². The Labute approximate surface area is 138 Å². The second-order valence-corrected chi connectivity index (χ2v) is 6.28. The maximum Gasteiger partial charge on any atom is 0.323 e. The third-order valence-corrected chi connectivity index (χ3v) is 4.47. The summed E-state index contributed by atoms with van der Waals surface area (Å²) in [4.78, 5) is 13.9. The van der Waals surface area contributed by atoms with Crippen molar-refractivity contribution in [3.63, 3.8) is 0 Å². The molecule has 0 unspecified atom stereocenters. The molecular formula is C15H19BrClNO3. The van der Waals surface area contributed by atoms with E-state index in [0.717, 1.165) is 36.0 Å². The summed E-state index contributed by atoms with van der Waals surface area (Å²) in [5.41, 5.74) is 0. The summed E-state index contributed by atoms with van der Waals surface area (Å²) in [5.74, 6) is 0.605. The fourth-order valence-corrected chi connectivity index (χ4v) is 3.32. The summed E-state index contributed by atoms with van der Waals surface area (Å²) in [5, 5.41) is 0.663. The van der Waals surface area contributed by atoms with Gasteiger partial charge in [0.05, 0.1) is 11.6 Å². The lowest BCUT2D eigenvalue weighted by molar-refractivity contribution is -0.148. The van der Waals surface area contributed by atoms with Crippen LogP contribution in [0.5, 0.6) is 5.75 Å². The largest absolute Gasteiger partial charge is 0.491 e. The summed E-state index contributed by atoms with van der Waals surface area (Å²) >= 11 is 9.32. The second kappa shape index (κ2) is 8.01. The number of hydrogen-bond acceptors (Lipinski definition) is 4. The monoisotopic (exact) mass is 375 g/mol. The van der Waals surface area contributed by atoms with Crippen LogP contribution in [0.1, 0.15) is 19.3 Å². The molecule has 0 radical (unpaired) electrons. The van der Waals surface area contributed by atoms with Crippen molar-refractivity contribution >= 4 is 33.5 Å². The molecule has 0 amide bonds. The van der Waals surface area contributed by atoms with E-state index in [9.17, 15) is 4.79 Å². The highest BCUT2D eigenvalue weighted by Crippen LogP contribution is 2.28. The molecule has 1 aromatic rings. The Morgan fingerprint density at radius 2 is 2.29 bits per heavy atom. The minimum Gasteiger partial charge on any atom is -0.491 e. The molecule has 1 atom stereocenters. The van der Waals surface area contributed by atoms with Crippen molar-refractivity contribution in [2.24, 2.45) is 0 Å². The fraction of sp³-hybridized carbons (Fsp3) is 0.533. The van der Waals surface area contributed by atoms with E-state index in [1.54, 1.807) is 12.1 Å². The van der Waals surface area contributed by atoms with Crippen LogP contribution in [-0.4, -0.2) is 43.7 Å². The molecule has 1 aliphatic heterocycles. The average Bonchev–Trinajstić information content (AvgIpc) is 2.49. The van der Waals surface area contributed by atoms with Gasteiger partial charge in [-0.05, 0) is 53.5 Å². The van der Waals surface area contributed by atoms with Crippen molar-refractivity contribution in [3.8, 4) is 5.75 Å². The fourth-order valence-electron chi connectivity index (χ4n) is 2.53. The molecule has 0 saturated carbocycles. The van der Waals surface area contributed by atoms with Gasteiger partial charge in [0, 0.05) is 11.6 Å². The summed E-state index contributed by atoms with van der Waals surface area (Å²) in [7, 11) is 1.44. The van der Waals surface area contributed by atoms with Gasteiger partial charge in [-0.15, -0.1) is 0 Å². The van der Waals surface area contributed by atoms with Crippen LogP contribution in [0.2, 0.25) is 5.02 Å². The van der Waals surface area contributed by atoms with Crippen molar-refractivity contribution in [2.75, 3.05) is 26.8 Å². The first-order chi connectivity index (χ1) is 10.1. The molecule has 0 spiro atoms. The zero-order valence-corrected chi connectivity index (χ0v) is 14.3. The van der Waals surface area contributed by atoms with Gasteiger partial charge in [-0.3, -0.25) is 9.69 Å². The van der Waals surface area contributed by atoms with Crippen molar-refractivity contribution < 1.29 is 14.3 Å². The molecule has 116 valence electrons. The molecule has 1 saturated heterocycles. The number of nitrogens with zero attached hydrogens (tertiary/aromatic N) is 1. The molecule has 2 rings (SSSR count). The smallest absolute Gasteiger partial charge is 0.323 e. The van der Waals surface area contributed by atoms with E-state index in [2.05, 4.69) is 20.8 Å². The van der Waals surface area contributed by atoms with Gasteiger partial charge in [0.15, 0.2) is 0 Å². The highest BCUT2D eigenvalue weighted by molar-refractivity contribution is 9.10. The van der Waals surface area contributed by atoms with Crippen molar-refractivity contribution in [1.82, 2.24) is 4.90 Å². The van der Waals surface area contributed by atoms with Gasteiger partial charge in [-0.2, -0.15) is 0 Å². The van der Waals surface area contributed by atoms with Crippen LogP contribution in [0.4, 0.5) is 0 Å². The van der Waals surface area contributed by atoms with Gasteiger partial charge in [0.1, 0.15) is 18.4 Å². The van der Waals surface area contributed by atoms with E-state index in [0.29, 0.717) is 18.2 Å². The molecule has 0 aromatic heterocycles. The molecule has 6 heteroatoms. The molecule has 1 fully saturated rings. The number of ether oxygens (including phenoxy) is 2. The first kappa shape index (κ1) is 16.6. The quantitative estimate of drug-likeness (QED) is 0.737. The predicted molar refractivity (Wildman–Crippen MR) is 85.9 cm³/mol. The Balaban J connectivity index is 1.87. The average molecular weight is 377 g/mol. The Morgan fingerprint density at radius 3 is 3.00 bits per heavy atom. The van der Waals surface area contributed by atoms with Gasteiger partial charge < -0.3 is 9.47 Å². The number of benzene rings is 1. The van der Waals surface area contributed by atoms with Gasteiger partial charge in [0.2, 0.25) is 0 Å². The van der Waals surface area contributed by atoms with Crippen molar-refractivity contribution in [1.29, 1.82) is 0 Å². The highest BCUT2D eigenvalue weighted by Gasteiger charge is 2.29. The van der Waals surface area contributed by atoms with E-state index in [-0.39, 0.29) is 12.0 Å². The third-order valence-electron chi connectivity index (χ3n) is 3.62. The Kier molecular flexibility index (Phi) is 6.33. The Hall–Kier alpha value is -0.780.